The van der Waals surface area contributed by atoms with Crippen molar-refractivity contribution in [3.05, 3.63) is 59.7 Å². The highest BCUT2D eigenvalue weighted by Gasteiger charge is 2.39. The van der Waals surface area contributed by atoms with Gasteiger partial charge in [-0.3, -0.25) is 14.4 Å². The van der Waals surface area contributed by atoms with E-state index in [2.05, 4.69) is 17.6 Å². The Labute approximate surface area is 164 Å². The molecule has 2 unspecified atom stereocenters. The predicted octanol–water partition coefficient (Wildman–Crippen LogP) is 3.30. The van der Waals surface area contributed by atoms with Gasteiger partial charge in [0.05, 0.1) is 6.54 Å². The van der Waals surface area contributed by atoms with E-state index in [9.17, 15) is 14.4 Å². The van der Waals surface area contributed by atoms with E-state index >= 15 is 0 Å². The fourth-order valence-electron chi connectivity index (χ4n) is 2.96. The molecular weight excluding hydrogens is 354 g/mol. The summed E-state index contributed by atoms with van der Waals surface area (Å²) in [6, 6.07) is 14.2. The van der Waals surface area contributed by atoms with Crippen LogP contribution in [-0.2, 0) is 9.59 Å². The van der Waals surface area contributed by atoms with E-state index in [-0.39, 0.29) is 30.2 Å². The van der Waals surface area contributed by atoms with Crippen LogP contribution in [0.15, 0.2) is 48.5 Å². The highest BCUT2D eigenvalue weighted by atomic mass is 16.2. The van der Waals surface area contributed by atoms with Crippen LogP contribution < -0.4 is 10.6 Å². The molecule has 6 nitrogen and oxygen atoms in total. The van der Waals surface area contributed by atoms with Gasteiger partial charge in [0.1, 0.15) is 0 Å². The molecule has 146 valence electrons. The van der Waals surface area contributed by atoms with Gasteiger partial charge >= 0.3 is 0 Å². The van der Waals surface area contributed by atoms with Crippen LogP contribution in [0.3, 0.4) is 0 Å². The van der Waals surface area contributed by atoms with E-state index in [0.717, 1.165) is 12.0 Å². The lowest BCUT2D eigenvalue weighted by molar-refractivity contribution is -0.118. The van der Waals surface area contributed by atoms with E-state index in [1.807, 2.05) is 31.2 Å². The van der Waals surface area contributed by atoms with E-state index in [4.69, 9.17) is 0 Å². The fraction of sp³-hybridized carbons (Fsp3) is 0.318. The molecule has 28 heavy (non-hydrogen) atoms. The summed E-state index contributed by atoms with van der Waals surface area (Å²) in [6.45, 7) is 3.98. The first kappa shape index (κ1) is 19.6. The maximum absolute atomic E-state index is 12.5. The number of carbonyl (C=O) groups excluding carboxylic acids is 3. The van der Waals surface area contributed by atoms with Crippen molar-refractivity contribution in [2.75, 3.05) is 24.2 Å². The monoisotopic (exact) mass is 379 g/mol. The first-order chi connectivity index (χ1) is 13.3. The number of nitrogens with zero attached hydrogens (tertiary/aromatic N) is 1. The number of nitrogens with one attached hydrogen (secondary N) is 2. The van der Waals surface area contributed by atoms with E-state index in [1.54, 1.807) is 31.3 Å². The normalized spacial score (nSPS) is 17.5. The highest BCUT2D eigenvalue weighted by molar-refractivity contribution is 6.00. The van der Waals surface area contributed by atoms with Crippen molar-refractivity contribution in [2.24, 2.45) is 11.8 Å². The second kappa shape index (κ2) is 8.25. The Kier molecular flexibility index (Phi) is 5.78. The van der Waals surface area contributed by atoms with Crippen molar-refractivity contribution in [1.29, 1.82) is 0 Å². The van der Waals surface area contributed by atoms with Crippen LogP contribution in [0.2, 0.25) is 0 Å². The molecule has 0 aromatic heterocycles. The molecule has 0 saturated heterocycles. The molecule has 3 rings (SSSR count). The van der Waals surface area contributed by atoms with Gasteiger partial charge in [0.15, 0.2) is 0 Å². The van der Waals surface area contributed by atoms with E-state index in [0.29, 0.717) is 22.9 Å². The minimum Gasteiger partial charge on any atom is -0.332 e. The molecule has 2 aromatic carbocycles. The minimum atomic E-state index is -0.262. The van der Waals surface area contributed by atoms with Gasteiger partial charge in [0.2, 0.25) is 11.8 Å². The minimum absolute atomic E-state index is 0.0245. The number of hydrogen-bond donors (Lipinski definition) is 2. The number of likely N-dealkylation sites (N-methyl/N-ethyl adjacent to an activating group) is 1. The Balaban J connectivity index is 1.52. The number of amides is 3. The van der Waals surface area contributed by atoms with Crippen LogP contribution in [0, 0.1) is 18.8 Å². The predicted molar refractivity (Wildman–Crippen MR) is 109 cm³/mol. The largest absolute Gasteiger partial charge is 0.332 e. The molecule has 6 heteroatoms. The lowest BCUT2D eigenvalue weighted by Crippen LogP contribution is -2.34. The van der Waals surface area contributed by atoms with Crippen LogP contribution in [-0.4, -0.2) is 36.2 Å². The zero-order valence-corrected chi connectivity index (χ0v) is 16.4. The topological polar surface area (TPSA) is 78.5 Å². The third kappa shape index (κ3) is 4.97. The summed E-state index contributed by atoms with van der Waals surface area (Å²) < 4.78 is 0. The smallest absolute Gasteiger partial charge is 0.254 e. The second-order valence-electron chi connectivity index (χ2n) is 7.46. The quantitative estimate of drug-likeness (QED) is 0.808. The molecule has 0 spiro atoms. The zero-order valence-electron chi connectivity index (χ0n) is 16.4. The number of carbonyl (C=O) groups is 3. The summed E-state index contributed by atoms with van der Waals surface area (Å²) >= 11 is 0. The van der Waals surface area contributed by atoms with E-state index in [1.165, 1.54) is 4.90 Å². The lowest BCUT2D eigenvalue weighted by atomic mass is 10.1. The van der Waals surface area contributed by atoms with Gasteiger partial charge in [-0.05, 0) is 55.7 Å². The maximum Gasteiger partial charge on any atom is 0.254 e. The molecule has 0 bridgehead atoms. The van der Waals surface area contributed by atoms with Crippen molar-refractivity contribution in [1.82, 2.24) is 4.90 Å². The molecule has 0 radical (unpaired) electrons. The Morgan fingerprint density at radius 2 is 1.50 bits per heavy atom. The summed E-state index contributed by atoms with van der Waals surface area (Å²) in [5, 5.41) is 5.64. The molecule has 1 saturated carbocycles. The van der Waals surface area contributed by atoms with Crippen molar-refractivity contribution in [3.63, 3.8) is 0 Å². The highest BCUT2D eigenvalue weighted by Crippen LogP contribution is 2.38. The molecule has 3 amide bonds. The number of benzene rings is 2. The van der Waals surface area contributed by atoms with Crippen LogP contribution in [0.5, 0.6) is 0 Å². The van der Waals surface area contributed by atoms with Crippen molar-refractivity contribution < 1.29 is 14.4 Å². The van der Waals surface area contributed by atoms with Crippen LogP contribution in [0.25, 0.3) is 0 Å². The van der Waals surface area contributed by atoms with Gasteiger partial charge in [-0.25, -0.2) is 0 Å². The first-order valence-corrected chi connectivity index (χ1v) is 9.36. The molecule has 1 fully saturated rings. The molecule has 2 aromatic rings. The molecule has 1 aliphatic carbocycles. The summed E-state index contributed by atoms with van der Waals surface area (Å²) in [5.74, 6) is 0.0476. The van der Waals surface area contributed by atoms with Crippen molar-refractivity contribution in [2.45, 2.75) is 20.3 Å². The van der Waals surface area contributed by atoms with Gasteiger partial charge < -0.3 is 15.5 Å². The summed E-state index contributed by atoms with van der Waals surface area (Å²) in [4.78, 5) is 38.0. The standard InChI is InChI=1S/C22H25N3O3/c1-14-4-8-17(9-5-14)23-20(26)13-25(3)22(28)16-6-10-18(11-7-16)24-21(27)19-12-15(19)2/h4-11,15,19H,12-13H2,1-3H3,(H,23,26)(H,24,27). The number of aryl methyl sites for hydroxylation is 1. The Hall–Kier alpha value is -3.15. The van der Waals surface area contributed by atoms with Gasteiger partial charge in [0.25, 0.3) is 5.91 Å². The van der Waals surface area contributed by atoms with Crippen LogP contribution in [0.1, 0.15) is 29.3 Å². The molecule has 2 N–H and O–H groups in total. The van der Waals surface area contributed by atoms with Gasteiger partial charge in [-0.1, -0.05) is 24.6 Å². The lowest BCUT2D eigenvalue weighted by Gasteiger charge is -2.17. The maximum atomic E-state index is 12.5. The second-order valence-corrected chi connectivity index (χ2v) is 7.46. The van der Waals surface area contributed by atoms with Gasteiger partial charge in [-0.15, -0.1) is 0 Å². The number of rotatable bonds is 6. The Bertz CT molecular complexity index is 875. The van der Waals surface area contributed by atoms with Crippen molar-refractivity contribution in [3.8, 4) is 0 Å². The summed E-state index contributed by atoms with van der Waals surface area (Å²) in [6.07, 6.45) is 0.928. The Morgan fingerprint density at radius 1 is 0.964 bits per heavy atom. The first-order valence-electron chi connectivity index (χ1n) is 9.36. The third-order valence-electron chi connectivity index (χ3n) is 4.91. The average molecular weight is 379 g/mol. The van der Waals surface area contributed by atoms with Gasteiger partial charge in [0, 0.05) is 29.9 Å². The molecule has 0 heterocycles. The molecule has 2 atom stereocenters. The Morgan fingerprint density at radius 3 is 2.07 bits per heavy atom. The molecule has 0 aliphatic heterocycles. The summed E-state index contributed by atoms with van der Waals surface area (Å²) in [5.41, 5.74) is 2.93. The molecule has 1 aliphatic rings. The zero-order chi connectivity index (χ0) is 20.3. The van der Waals surface area contributed by atoms with Gasteiger partial charge in [-0.2, -0.15) is 0 Å². The summed E-state index contributed by atoms with van der Waals surface area (Å²) in [7, 11) is 1.58. The SMILES string of the molecule is Cc1ccc(NC(=O)CN(C)C(=O)c2ccc(NC(=O)C3CC3C)cc2)cc1. The van der Waals surface area contributed by atoms with E-state index < -0.39 is 0 Å². The third-order valence-corrected chi connectivity index (χ3v) is 4.91. The van der Waals surface area contributed by atoms with Crippen molar-refractivity contribution >= 4 is 29.1 Å². The molecular formula is C22H25N3O3. The fourth-order valence-corrected chi connectivity index (χ4v) is 2.96. The van der Waals surface area contributed by atoms with Crippen LogP contribution >= 0.6 is 0 Å². The average Bonchev–Trinajstić information content (AvgIpc) is 3.40. The number of anilines is 2. The number of hydrogen-bond acceptors (Lipinski definition) is 3. The van der Waals surface area contributed by atoms with Crippen LogP contribution in [0.4, 0.5) is 11.4 Å².